The van der Waals surface area contributed by atoms with Crippen LogP contribution in [-0.2, 0) is 10.0 Å². The van der Waals surface area contributed by atoms with E-state index >= 15 is 0 Å². The SMILES string of the molecule is CCC(CC)CNS(=O)(=O)CCCCO. The highest BCUT2D eigenvalue weighted by Crippen LogP contribution is 2.06. The first-order chi connectivity index (χ1) is 7.05. The van der Waals surface area contributed by atoms with Crippen LogP contribution in [0, 0.1) is 5.92 Å². The molecule has 0 atom stereocenters. The van der Waals surface area contributed by atoms with Crippen LogP contribution in [0.15, 0.2) is 0 Å². The van der Waals surface area contributed by atoms with Gasteiger partial charge in [-0.15, -0.1) is 0 Å². The van der Waals surface area contributed by atoms with Gasteiger partial charge in [-0.2, -0.15) is 0 Å². The molecule has 0 spiro atoms. The fraction of sp³-hybridized carbons (Fsp3) is 1.00. The topological polar surface area (TPSA) is 66.4 Å². The van der Waals surface area contributed by atoms with Gasteiger partial charge in [0.25, 0.3) is 0 Å². The zero-order valence-electron chi connectivity index (χ0n) is 9.70. The van der Waals surface area contributed by atoms with Gasteiger partial charge in [0.1, 0.15) is 0 Å². The zero-order valence-corrected chi connectivity index (χ0v) is 10.5. The molecule has 0 unspecified atom stereocenters. The first kappa shape index (κ1) is 14.9. The lowest BCUT2D eigenvalue weighted by molar-refractivity contribution is 0.287. The van der Waals surface area contributed by atoms with Crippen molar-refractivity contribution in [2.24, 2.45) is 5.92 Å². The lowest BCUT2D eigenvalue weighted by Crippen LogP contribution is -2.31. The molecule has 92 valence electrons. The van der Waals surface area contributed by atoms with E-state index in [0.29, 0.717) is 25.3 Å². The van der Waals surface area contributed by atoms with E-state index in [-0.39, 0.29) is 12.4 Å². The molecule has 0 aliphatic rings. The Kier molecular flexibility index (Phi) is 8.00. The van der Waals surface area contributed by atoms with Crippen molar-refractivity contribution in [2.45, 2.75) is 39.5 Å². The summed E-state index contributed by atoms with van der Waals surface area (Å²) in [4.78, 5) is 0. The van der Waals surface area contributed by atoms with Crippen molar-refractivity contribution in [1.29, 1.82) is 0 Å². The van der Waals surface area contributed by atoms with Crippen LogP contribution < -0.4 is 4.72 Å². The average Bonchev–Trinajstić information content (AvgIpc) is 2.19. The standard InChI is InChI=1S/C10H23NO3S/c1-3-10(4-2)9-11-15(13,14)8-6-5-7-12/h10-12H,3-9H2,1-2H3. The minimum Gasteiger partial charge on any atom is -0.396 e. The molecule has 2 N–H and O–H groups in total. The molecule has 0 saturated carbocycles. The van der Waals surface area contributed by atoms with E-state index in [1.165, 1.54) is 0 Å². The fourth-order valence-electron chi connectivity index (χ4n) is 1.30. The van der Waals surface area contributed by atoms with Crippen molar-refractivity contribution >= 4 is 10.0 Å². The van der Waals surface area contributed by atoms with Crippen molar-refractivity contribution in [3.63, 3.8) is 0 Å². The van der Waals surface area contributed by atoms with Crippen LogP contribution in [0.25, 0.3) is 0 Å². The van der Waals surface area contributed by atoms with E-state index in [1.807, 2.05) is 0 Å². The van der Waals surface area contributed by atoms with Gasteiger partial charge in [0.15, 0.2) is 0 Å². The predicted molar refractivity (Wildman–Crippen MR) is 62.2 cm³/mol. The molecular formula is C10H23NO3S. The second kappa shape index (κ2) is 8.07. The van der Waals surface area contributed by atoms with Gasteiger partial charge in [0.05, 0.1) is 5.75 Å². The van der Waals surface area contributed by atoms with Crippen LogP contribution in [0.2, 0.25) is 0 Å². The Bertz CT molecular complexity index is 235. The molecule has 0 fully saturated rings. The maximum Gasteiger partial charge on any atom is 0.211 e. The van der Waals surface area contributed by atoms with Crippen molar-refractivity contribution in [3.05, 3.63) is 0 Å². The second-order valence-electron chi connectivity index (χ2n) is 3.78. The molecule has 0 saturated heterocycles. The van der Waals surface area contributed by atoms with Gasteiger partial charge < -0.3 is 5.11 Å². The predicted octanol–water partition coefficient (Wildman–Crippen LogP) is 1.11. The van der Waals surface area contributed by atoms with Gasteiger partial charge in [0.2, 0.25) is 10.0 Å². The third-order valence-electron chi connectivity index (χ3n) is 2.57. The van der Waals surface area contributed by atoms with E-state index in [2.05, 4.69) is 18.6 Å². The Morgan fingerprint density at radius 2 is 1.80 bits per heavy atom. The number of unbranched alkanes of at least 4 members (excludes halogenated alkanes) is 1. The van der Waals surface area contributed by atoms with E-state index in [1.54, 1.807) is 0 Å². The lowest BCUT2D eigenvalue weighted by Gasteiger charge is -2.13. The summed E-state index contributed by atoms with van der Waals surface area (Å²) in [5, 5.41) is 8.54. The second-order valence-corrected chi connectivity index (χ2v) is 5.71. The van der Waals surface area contributed by atoms with Crippen LogP contribution in [0.5, 0.6) is 0 Å². The summed E-state index contributed by atoms with van der Waals surface area (Å²) in [5.74, 6) is 0.547. The fourth-order valence-corrected chi connectivity index (χ4v) is 2.52. The van der Waals surface area contributed by atoms with E-state index < -0.39 is 10.0 Å². The summed E-state index contributed by atoms with van der Waals surface area (Å²) >= 11 is 0. The molecule has 0 radical (unpaired) electrons. The summed E-state index contributed by atoms with van der Waals surface area (Å²) in [6, 6.07) is 0. The zero-order chi connectivity index (χ0) is 11.7. The Balaban J connectivity index is 3.82. The third-order valence-corrected chi connectivity index (χ3v) is 4.00. The summed E-state index contributed by atoms with van der Waals surface area (Å²) in [6.07, 6.45) is 3.06. The number of rotatable bonds is 9. The molecule has 0 heterocycles. The van der Waals surface area contributed by atoms with Crippen LogP contribution in [0.1, 0.15) is 39.5 Å². The van der Waals surface area contributed by atoms with Gasteiger partial charge in [-0.25, -0.2) is 13.1 Å². The van der Waals surface area contributed by atoms with Crippen LogP contribution in [0.4, 0.5) is 0 Å². The van der Waals surface area contributed by atoms with Crippen molar-refractivity contribution in [3.8, 4) is 0 Å². The Morgan fingerprint density at radius 3 is 2.27 bits per heavy atom. The number of hydrogen-bond donors (Lipinski definition) is 2. The summed E-state index contributed by atoms with van der Waals surface area (Å²) in [6.45, 7) is 4.72. The summed E-state index contributed by atoms with van der Waals surface area (Å²) in [7, 11) is -3.13. The smallest absolute Gasteiger partial charge is 0.211 e. The van der Waals surface area contributed by atoms with Gasteiger partial charge in [-0.05, 0) is 18.8 Å². The van der Waals surface area contributed by atoms with Gasteiger partial charge in [0, 0.05) is 13.2 Å². The van der Waals surface area contributed by atoms with Gasteiger partial charge >= 0.3 is 0 Å². The van der Waals surface area contributed by atoms with Crippen LogP contribution in [-0.4, -0.2) is 32.4 Å². The van der Waals surface area contributed by atoms with Crippen LogP contribution >= 0.6 is 0 Å². The van der Waals surface area contributed by atoms with Gasteiger partial charge in [-0.1, -0.05) is 26.7 Å². The number of aliphatic hydroxyl groups excluding tert-OH is 1. The first-order valence-corrected chi connectivity index (χ1v) is 7.29. The first-order valence-electron chi connectivity index (χ1n) is 5.63. The monoisotopic (exact) mass is 237 g/mol. The van der Waals surface area contributed by atoms with Crippen LogP contribution in [0.3, 0.4) is 0 Å². The third kappa shape index (κ3) is 7.76. The quantitative estimate of drug-likeness (QED) is 0.590. The maximum atomic E-state index is 11.4. The van der Waals surface area contributed by atoms with Crippen molar-refractivity contribution in [2.75, 3.05) is 18.9 Å². The molecule has 0 aromatic rings. The maximum absolute atomic E-state index is 11.4. The summed E-state index contributed by atoms with van der Waals surface area (Å²) < 4.78 is 25.5. The molecule has 0 amide bonds. The minimum atomic E-state index is -3.13. The normalized spacial score (nSPS) is 12.3. The molecule has 0 aliphatic heterocycles. The molecule has 0 bridgehead atoms. The van der Waals surface area contributed by atoms with Gasteiger partial charge in [-0.3, -0.25) is 0 Å². The Labute approximate surface area is 93.1 Å². The largest absolute Gasteiger partial charge is 0.396 e. The van der Waals surface area contributed by atoms with Crippen molar-refractivity contribution in [1.82, 2.24) is 4.72 Å². The highest BCUT2D eigenvalue weighted by molar-refractivity contribution is 7.89. The lowest BCUT2D eigenvalue weighted by atomic mass is 10.0. The average molecular weight is 237 g/mol. The Morgan fingerprint density at radius 1 is 1.20 bits per heavy atom. The highest BCUT2D eigenvalue weighted by atomic mass is 32.2. The molecule has 5 heteroatoms. The molecule has 0 rings (SSSR count). The molecule has 0 aromatic carbocycles. The molecule has 0 aromatic heterocycles. The number of hydrogen-bond acceptors (Lipinski definition) is 3. The van der Waals surface area contributed by atoms with Crippen molar-refractivity contribution < 1.29 is 13.5 Å². The molecule has 4 nitrogen and oxygen atoms in total. The minimum absolute atomic E-state index is 0.0576. The highest BCUT2D eigenvalue weighted by Gasteiger charge is 2.11. The molecule has 15 heavy (non-hydrogen) atoms. The number of sulfonamides is 1. The Hall–Kier alpha value is -0.130. The summed E-state index contributed by atoms with van der Waals surface area (Å²) in [5.41, 5.74) is 0. The van der Waals surface area contributed by atoms with E-state index in [4.69, 9.17) is 5.11 Å². The van der Waals surface area contributed by atoms with E-state index in [9.17, 15) is 8.42 Å². The van der Waals surface area contributed by atoms with E-state index in [0.717, 1.165) is 12.8 Å². The molecule has 0 aliphatic carbocycles. The number of aliphatic hydroxyl groups is 1. The number of nitrogens with one attached hydrogen (secondary N) is 1. The molecular weight excluding hydrogens is 214 g/mol.